The Morgan fingerprint density at radius 2 is 2.12 bits per heavy atom. The molecule has 0 bridgehead atoms. The first-order chi connectivity index (χ1) is 7.86. The fourth-order valence-electron chi connectivity index (χ4n) is 2.32. The minimum absolute atomic E-state index is 0.518. The minimum Gasteiger partial charge on any atom is -0.468 e. The van der Waals surface area contributed by atoms with Gasteiger partial charge < -0.3 is 10.2 Å². The van der Waals surface area contributed by atoms with Crippen molar-refractivity contribution < 1.29 is 4.42 Å². The van der Waals surface area contributed by atoms with Gasteiger partial charge in [0, 0.05) is 24.7 Å². The molecule has 2 N–H and O–H groups in total. The van der Waals surface area contributed by atoms with Gasteiger partial charge >= 0.3 is 0 Å². The van der Waals surface area contributed by atoms with E-state index in [9.17, 15) is 0 Å². The van der Waals surface area contributed by atoms with Gasteiger partial charge in [-0.1, -0.05) is 0 Å². The fourth-order valence-corrected chi connectivity index (χ4v) is 2.32. The second kappa shape index (κ2) is 4.22. The molecule has 3 heteroatoms. The zero-order valence-corrected chi connectivity index (χ0v) is 9.69. The second-order valence-electron chi connectivity index (χ2n) is 5.18. The van der Waals surface area contributed by atoms with E-state index in [0.29, 0.717) is 6.54 Å². The lowest BCUT2D eigenvalue weighted by atomic mass is 10.2. The molecule has 1 aromatic heterocycles. The van der Waals surface area contributed by atoms with Gasteiger partial charge in [-0.2, -0.15) is 0 Å². The van der Waals surface area contributed by atoms with Crippen molar-refractivity contribution in [1.82, 2.24) is 4.90 Å². The molecule has 0 unspecified atom stereocenters. The topological polar surface area (TPSA) is 42.4 Å². The van der Waals surface area contributed by atoms with Crippen LogP contribution in [0, 0.1) is 5.92 Å². The number of rotatable bonds is 6. The zero-order chi connectivity index (χ0) is 11.0. The van der Waals surface area contributed by atoms with Crippen molar-refractivity contribution in [2.75, 3.05) is 6.54 Å². The Labute approximate surface area is 96.6 Å². The van der Waals surface area contributed by atoms with Gasteiger partial charge in [0.05, 0.1) is 12.8 Å². The van der Waals surface area contributed by atoms with Gasteiger partial charge in [-0.25, -0.2) is 0 Å². The first-order valence-corrected chi connectivity index (χ1v) is 6.36. The molecular formula is C13H20N2O. The summed E-state index contributed by atoms with van der Waals surface area (Å²) in [6.07, 6.45) is 7.38. The van der Waals surface area contributed by atoms with E-state index in [4.69, 9.17) is 10.2 Å². The van der Waals surface area contributed by atoms with Gasteiger partial charge in [-0.3, -0.25) is 4.90 Å². The Bertz CT molecular complexity index is 353. The van der Waals surface area contributed by atoms with Crippen LogP contribution in [-0.4, -0.2) is 17.5 Å². The van der Waals surface area contributed by atoms with E-state index in [2.05, 4.69) is 11.0 Å². The van der Waals surface area contributed by atoms with Crippen molar-refractivity contribution in [2.45, 2.75) is 44.8 Å². The third kappa shape index (κ3) is 2.30. The molecule has 0 atom stereocenters. The van der Waals surface area contributed by atoms with Crippen molar-refractivity contribution in [1.29, 1.82) is 0 Å². The van der Waals surface area contributed by atoms with Gasteiger partial charge in [0.2, 0.25) is 0 Å². The summed E-state index contributed by atoms with van der Waals surface area (Å²) in [6.45, 7) is 2.83. The van der Waals surface area contributed by atoms with E-state index < -0.39 is 0 Å². The van der Waals surface area contributed by atoms with E-state index in [1.807, 2.05) is 0 Å². The van der Waals surface area contributed by atoms with Crippen LogP contribution in [0.15, 0.2) is 16.7 Å². The highest BCUT2D eigenvalue weighted by Crippen LogP contribution is 2.35. The zero-order valence-electron chi connectivity index (χ0n) is 9.69. The Balaban J connectivity index is 1.65. The molecule has 0 spiro atoms. The van der Waals surface area contributed by atoms with E-state index in [-0.39, 0.29) is 0 Å². The maximum absolute atomic E-state index is 5.66. The van der Waals surface area contributed by atoms with Gasteiger partial charge in [-0.15, -0.1) is 0 Å². The predicted molar refractivity (Wildman–Crippen MR) is 62.8 cm³/mol. The predicted octanol–water partition coefficient (Wildman–Crippen LogP) is 2.11. The Morgan fingerprint density at radius 1 is 1.31 bits per heavy atom. The standard InChI is InChI=1S/C13H20N2O/c14-7-13-11(5-6-16-13)9-15(12-3-4-12)8-10-1-2-10/h5-6,10,12H,1-4,7-9,14H2. The van der Waals surface area contributed by atoms with Crippen LogP contribution in [0.25, 0.3) is 0 Å². The third-order valence-electron chi connectivity index (χ3n) is 3.65. The molecule has 2 aliphatic carbocycles. The second-order valence-corrected chi connectivity index (χ2v) is 5.18. The van der Waals surface area contributed by atoms with Crippen molar-refractivity contribution in [3.05, 3.63) is 23.7 Å². The third-order valence-corrected chi connectivity index (χ3v) is 3.65. The van der Waals surface area contributed by atoms with Crippen LogP contribution in [0.1, 0.15) is 37.0 Å². The highest BCUT2D eigenvalue weighted by molar-refractivity contribution is 5.17. The summed E-state index contributed by atoms with van der Waals surface area (Å²) < 4.78 is 5.38. The number of nitrogens with two attached hydrogens (primary N) is 1. The summed E-state index contributed by atoms with van der Waals surface area (Å²) in [4.78, 5) is 2.63. The monoisotopic (exact) mass is 220 g/mol. The maximum Gasteiger partial charge on any atom is 0.121 e. The molecule has 0 aliphatic heterocycles. The van der Waals surface area contributed by atoms with Crippen molar-refractivity contribution >= 4 is 0 Å². The summed E-state index contributed by atoms with van der Waals surface area (Å²) >= 11 is 0. The van der Waals surface area contributed by atoms with E-state index >= 15 is 0 Å². The lowest BCUT2D eigenvalue weighted by Crippen LogP contribution is -2.28. The molecule has 1 heterocycles. The normalized spacial score (nSPS) is 20.6. The van der Waals surface area contributed by atoms with Gasteiger partial charge in [-0.05, 0) is 37.7 Å². The minimum atomic E-state index is 0.518. The maximum atomic E-state index is 5.66. The van der Waals surface area contributed by atoms with Crippen LogP contribution in [-0.2, 0) is 13.1 Å². The summed E-state index contributed by atoms with van der Waals surface area (Å²) in [7, 11) is 0. The number of hydrogen-bond donors (Lipinski definition) is 1. The molecule has 3 rings (SSSR count). The van der Waals surface area contributed by atoms with Crippen LogP contribution in [0.2, 0.25) is 0 Å². The molecule has 2 fully saturated rings. The number of hydrogen-bond acceptors (Lipinski definition) is 3. The first kappa shape index (κ1) is 10.4. The van der Waals surface area contributed by atoms with Crippen LogP contribution >= 0.6 is 0 Å². The molecule has 3 nitrogen and oxygen atoms in total. The van der Waals surface area contributed by atoms with Crippen LogP contribution in [0.4, 0.5) is 0 Å². The highest BCUT2D eigenvalue weighted by Gasteiger charge is 2.33. The van der Waals surface area contributed by atoms with E-state index in [1.54, 1.807) is 6.26 Å². The van der Waals surface area contributed by atoms with Crippen LogP contribution in [0.5, 0.6) is 0 Å². The molecule has 88 valence electrons. The van der Waals surface area contributed by atoms with Crippen molar-refractivity contribution in [3.63, 3.8) is 0 Å². The lowest BCUT2D eigenvalue weighted by molar-refractivity contribution is 0.242. The highest BCUT2D eigenvalue weighted by atomic mass is 16.3. The Kier molecular flexibility index (Phi) is 2.74. The van der Waals surface area contributed by atoms with Gasteiger partial charge in [0.1, 0.15) is 5.76 Å². The summed E-state index contributed by atoms with van der Waals surface area (Å²) in [5, 5.41) is 0. The lowest BCUT2D eigenvalue weighted by Gasteiger charge is -2.21. The Hall–Kier alpha value is -0.800. The molecule has 2 aliphatic rings. The molecule has 0 amide bonds. The largest absolute Gasteiger partial charge is 0.468 e. The van der Waals surface area contributed by atoms with E-state index in [1.165, 1.54) is 37.8 Å². The molecule has 0 aromatic carbocycles. The fraction of sp³-hybridized carbons (Fsp3) is 0.692. The SMILES string of the molecule is NCc1occc1CN(CC1CC1)C1CC1. The van der Waals surface area contributed by atoms with Crippen LogP contribution < -0.4 is 5.73 Å². The quantitative estimate of drug-likeness (QED) is 0.798. The summed E-state index contributed by atoms with van der Waals surface area (Å²) in [6, 6.07) is 2.91. The van der Waals surface area contributed by atoms with Gasteiger partial charge in [0.25, 0.3) is 0 Å². The average Bonchev–Trinajstić information content (AvgIpc) is 3.17. The van der Waals surface area contributed by atoms with Gasteiger partial charge in [0.15, 0.2) is 0 Å². The van der Waals surface area contributed by atoms with Crippen molar-refractivity contribution in [2.24, 2.45) is 11.7 Å². The molecular weight excluding hydrogens is 200 g/mol. The molecule has 16 heavy (non-hydrogen) atoms. The average molecular weight is 220 g/mol. The van der Waals surface area contributed by atoms with Crippen molar-refractivity contribution in [3.8, 4) is 0 Å². The first-order valence-electron chi connectivity index (χ1n) is 6.36. The van der Waals surface area contributed by atoms with E-state index in [0.717, 1.165) is 24.3 Å². The number of nitrogens with zero attached hydrogens (tertiary/aromatic N) is 1. The Morgan fingerprint density at radius 3 is 2.75 bits per heavy atom. The smallest absolute Gasteiger partial charge is 0.121 e. The number of furan rings is 1. The molecule has 0 saturated heterocycles. The molecule has 2 saturated carbocycles. The van der Waals surface area contributed by atoms with Crippen LogP contribution in [0.3, 0.4) is 0 Å². The summed E-state index contributed by atoms with van der Waals surface area (Å²) in [5.74, 6) is 1.93. The molecule has 1 aromatic rings. The summed E-state index contributed by atoms with van der Waals surface area (Å²) in [5.41, 5.74) is 6.95. The molecule has 0 radical (unpaired) electrons.